The van der Waals surface area contributed by atoms with Gasteiger partial charge in [0.2, 0.25) is 0 Å². The van der Waals surface area contributed by atoms with Crippen molar-refractivity contribution in [2.24, 2.45) is 0 Å². The molecular formula is C26H40N2O2. The molecule has 0 saturated heterocycles. The number of benzene rings is 1. The zero-order chi connectivity index (χ0) is 22.0. The lowest BCUT2D eigenvalue weighted by Crippen LogP contribution is -2.27. The Morgan fingerprint density at radius 3 is 1.50 bits per heavy atom. The van der Waals surface area contributed by atoms with Gasteiger partial charge in [-0.15, -0.1) is 6.42 Å². The molecule has 2 N–H and O–H groups in total. The standard InChI is InChI=1S/C26H40N2O2/c1-4-7-9-11-13-15-17-27-25(29)23-19-22(6-3)20-24(21-23)26(30)28-18-16-14-12-10-8-5-2/h3,19-21H,4-5,7-18H2,1-2H3,(H,27,29)(H,28,30). The van der Waals surface area contributed by atoms with E-state index >= 15 is 0 Å². The van der Waals surface area contributed by atoms with Gasteiger partial charge in [-0.2, -0.15) is 0 Å². The maximum atomic E-state index is 12.5. The molecule has 0 aliphatic carbocycles. The lowest BCUT2D eigenvalue weighted by Gasteiger charge is -2.09. The fraction of sp³-hybridized carbons (Fsp3) is 0.615. The van der Waals surface area contributed by atoms with Crippen LogP contribution in [-0.4, -0.2) is 24.9 Å². The van der Waals surface area contributed by atoms with Gasteiger partial charge in [0.05, 0.1) is 0 Å². The Morgan fingerprint density at radius 1 is 0.700 bits per heavy atom. The van der Waals surface area contributed by atoms with Crippen LogP contribution in [0.15, 0.2) is 18.2 Å². The summed E-state index contributed by atoms with van der Waals surface area (Å²) in [4.78, 5) is 25.0. The summed E-state index contributed by atoms with van der Waals surface area (Å²) in [6, 6.07) is 4.97. The van der Waals surface area contributed by atoms with E-state index in [1.807, 2.05) is 0 Å². The maximum absolute atomic E-state index is 12.5. The molecule has 1 aromatic rings. The van der Waals surface area contributed by atoms with E-state index in [0.717, 1.165) is 25.7 Å². The minimum absolute atomic E-state index is 0.175. The van der Waals surface area contributed by atoms with Crippen LogP contribution in [0.25, 0.3) is 0 Å². The second-order valence-electron chi connectivity index (χ2n) is 7.99. The van der Waals surface area contributed by atoms with Crippen molar-refractivity contribution in [3.8, 4) is 12.3 Å². The molecule has 0 aliphatic heterocycles. The van der Waals surface area contributed by atoms with Crippen LogP contribution in [-0.2, 0) is 0 Å². The molecule has 0 fully saturated rings. The third-order valence-corrected chi connectivity index (χ3v) is 5.26. The SMILES string of the molecule is C#Cc1cc(C(=O)NCCCCCCCC)cc(C(=O)NCCCCCCCC)c1. The van der Waals surface area contributed by atoms with Crippen molar-refractivity contribution in [1.82, 2.24) is 10.6 Å². The molecule has 166 valence electrons. The first-order valence-corrected chi connectivity index (χ1v) is 11.8. The van der Waals surface area contributed by atoms with Crippen LogP contribution >= 0.6 is 0 Å². The molecule has 0 unspecified atom stereocenters. The summed E-state index contributed by atoms with van der Waals surface area (Å²) in [6.45, 7) is 5.69. The van der Waals surface area contributed by atoms with Crippen LogP contribution in [0.2, 0.25) is 0 Å². The number of terminal acetylenes is 1. The second-order valence-corrected chi connectivity index (χ2v) is 7.99. The van der Waals surface area contributed by atoms with Gasteiger partial charge in [-0.1, -0.05) is 84.0 Å². The van der Waals surface area contributed by atoms with Crippen molar-refractivity contribution < 1.29 is 9.59 Å². The average molecular weight is 413 g/mol. The smallest absolute Gasteiger partial charge is 0.251 e. The maximum Gasteiger partial charge on any atom is 0.251 e. The first-order valence-electron chi connectivity index (χ1n) is 11.8. The van der Waals surface area contributed by atoms with Crippen LogP contribution in [0.5, 0.6) is 0 Å². The Kier molecular flexibility index (Phi) is 14.2. The third-order valence-electron chi connectivity index (χ3n) is 5.26. The van der Waals surface area contributed by atoms with E-state index in [2.05, 4.69) is 30.4 Å². The van der Waals surface area contributed by atoms with Crippen molar-refractivity contribution >= 4 is 11.8 Å². The highest BCUT2D eigenvalue weighted by Crippen LogP contribution is 2.11. The molecule has 0 bridgehead atoms. The fourth-order valence-electron chi connectivity index (χ4n) is 3.39. The second kappa shape index (κ2) is 16.5. The molecule has 4 nitrogen and oxygen atoms in total. The number of hydrogen-bond donors (Lipinski definition) is 2. The van der Waals surface area contributed by atoms with Gasteiger partial charge in [-0.3, -0.25) is 9.59 Å². The van der Waals surface area contributed by atoms with Gasteiger partial charge in [0.1, 0.15) is 0 Å². The summed E-state index contributed by atoms with van der Waals surface area (Å²) >= 11 is 0. The first-order chi connectivity index (χ1) is 14.6. The molecule has 0 saturated carbocycles. The summed E-state index contributed by atoms with van der Waals surface area (Å²) in [5.74, 6) is 2.20. The van der Waals surface area contributed by atoms with Gasteiger partial charge < -0.3 is 10.6 Å². The molecule has 0 radical (unpaired) electrons. The predicted molar refractivity (Wildman–Crippen MR) is 126 cm³/mol. The van der Waals surface area contributed by atoms with Gasteiger partial charge in [0.25, 0.3) is 11.8 Å². The summed E-state index contributed by atoms with van der Waals surface area (Å²) in [5.41, 5.74) is 1.44. The zero-order valence-electron chi connectivity index (χ0n) is 19.0. The molecule has 0 atom stereocenters. The van der Waals surface area contributed by atoms with E-state index in [-0.39, 0.29) is 11.8 Å². The number of unbranched alkanes of at least 4 members (excludes halogenated alkanes) is 10. The van der Waals surface area contributed by atoms with E-state index in [1.54, 1.807) is 18.2 Å². The Bertz CT molecular complexity index is 628. The van der Waals surface area contributed by atoms with E-state index in [1.165, 1.54) is 51.4 Å². The van der Waals surface area contributed by atoms with Gasteiger partial charge in [-0.05, 0) is 31.0 Å². The summed E-state index contributed by atoms with van der Waals surface area (Å²) < 4.78 is 0. The van der Waals surface area contributed by atoms with Crippen LogP contribution in [0.3, 0.4) is 0 Å². The van der Waals surface area contributed by atoms with E-state index in [4.69, 9.17) is 6.42 Å². The number of hydrogen-bond acceptors (Lipinski definition) is 2. The Labute approximate surface area is 183 Å². The van der Waals surface area contributed by atoms with Crippen molar-refractivity contribution in [2.75, 3.05) is 13.1 Å². The van der Waals surface area contributed by atoms with Crippen molar-refractivity contribution in [2.45, 2.75) is 90.9 Å². The van der Waals surface area contributed by atoms with Gasteiger partial charge in [0, 0.05) is 29.8 Å². The van der Waals surface area contributed by atoms with E-state index in [0.29, 0.717) is 29.8 Å². The van der Waals surface area contributed by atoms with Gasteiger partial charge >= 0.3 is 0 Å². The molecule has 2 amide bonds. The van der Waals surface area contributed by atoms with Crippen LogP contribution < -0.4 is 10.6 Å². The highest BCUT2D eigenvalue weighted by atomic mass is 16.2. The van der Waals surface area contributed by atoms with Crippen LogP contribution in [0.1, 0.15) is 117 Å². The normalized spacial score (nSPS) is 10.4. The van der Waals surface area contributed by atoms with Gasteiger partial charge in [0.15, 0.2) is 0 Å². The Hall–Kier alpha value is -2.28. The first kappa shape index (κ1) is 25.8. The summed E-state index contributed by atoms with van der Waals surface area (Å²) in [5, 5.41) is 5.89. The van der Waals surface area contributed by atoms with Crippen molar-refractivity contribution in [3.63, 3.8) is 0 Å². The number of rotatable bonds is 16. The molecule has 1 aromatic carbocycles. The molecular weight excluding hydrogens is 372 g/mol. The lowest BCUT2D eigenvalue weighted by atomic mass is 10.0. The zero-order valence-corrected chi connectivity index (χ0v) is 19.0. The average Bonchev–Trinajstić information content (AvgIpc) is 2.77. The van der Waals surface area contributed by atoms with E-state index in [9.17, 15) is 9.59 Å². The fourth-order valence-corrected chi connectivity index (χ4v) is 3.39. The minimum Gasteiger partial charge on any atom is -0.352 e. The molecule has 0 aromatic heterocycles. The number of amides is 2. The van der Waals surface area contributed by atoms with Crippen LogP contribution in [0, 0.1) is 12.3 Å². The highest BCUT2D eigenvalue weighted by molar-refractivity contribution is 6.00. The number of nitrogens with one attached hydrogen (secondary N) is 2. The number of carbonyl (C=O) groups is 2. The van der Waals surface area contributed by atoms with Crippen molar-refractivity contribution in [1.29, 1.82) is 0 Å². The summed E-state index contributed by atoms with van der Waals surface area (Å²) in [6.07, 6.45) is 19.7. The molecule has 0 spiro atoms. The van der Waals surface area contributed by atoms with Crippen LogP contribution in [0.4, 0.5) is 0 Å². The highest BCUT2D eigenvalue weighted by Gasteiger charge is 2.12. The van der Waals surface area contributed by atoms with E-state index < -0.39 is 0 Å². The Morgan fingerprint density at radius 2 is 1.10 bits per heavy atom. The van der Waals surface area contributed by atoms with Gasteiger partial charge in [-0.25, -0.2) is 0 Å². The quantitative estimate of drug-likeness (QED) is 0.264. The van der Waals surface area contributed by atoms with Crippen molar-refractivity contribution in [3.05, 3.63) is 34.9 Å². The lowest BCUT2D eigenvalue weighted by molar-refractivity contribution is 0.0952. The topological polar surface area (TPSA) is 58.2 Å². The molecule has 4 heteroatoms. The molecule has 0 aliphatic rings. The molecule has 0 heterocycles. The minimum atomic E-state index is -0.175. The largest absolute Gasteiger partial charge is 0.352 e. The summed E-state index contributed by atoms with van der Waals surface area (Å²) in [7, 11) is 0. The third kappa shape index (κ3) is 11.0. The number of carbonyl (C=O) groups excluding carboxylic acids is 2. The monoisotopic (exact) mass is 412 g/mol. The molecule has 30 heavy (non-hydrogen) atoms. The predicted octanol–water partition coefficient (Wildman–Crippen LogP) is 5.85. The molecule has 1 rings (SSSR count). The Balaban J connectivity index is 2.48.